The summed E-state index contributed by atoms with van der Waals surface area (Å²) in [5.74, 6) is 0.489. The molecule has 1 atom stereocenters. The van der Waals surface area contributed by atoms with Crippen LogP contribution in [0.25, 0.3) is 22.7 Å². The van der Waals surface area contributed by atoms with Gasteiger partial charge in [-0.05, 0) is 56.2 Å². The molecule has 0 radical (unpaired) electrons. The number of hydrogen-bond acceptors (Lipinski definition) is 6. The molecule has 5 rings (SSSR count). The number of carbonyl (C=O) groups is 1. The zero-order chi connectivity index (χ0) is 19.8. The van der Waals surface area contributed by atoms with Gasteiger partial charge in [0.25, 0.3) is 0 Å². The number of H-pyrrole nitrogens is 1. The topological polar surface area (TPSA) is 99.9 Å². The molecule has 3 heterocycles. The van der Waals surface area contributed by atoms with E-state index in [1.165, 1.54) is 12.8 Å². The summed E-state index contributed by atoms with van der Waals surface area (Å²) in [5.41, 5.74) is 3.26. The van der Waals surface area contributed by atoms with Crippen molar-refractivity contribution in [1.29, 1.82) is 0 Å². The van der Waals surface area contributed by atoms with E-state index in [9.17, 15) is 4.79 Å². The van der Waals surface area contributed by atoms with Gasteiger partial charge in [0.05, 0.1) is 5.69 Å². The summed E-state index contributed by atoms with van der Waals surface area (Å²) in [7, 11) is 0. The number of carbonyl (C=O) groups excluding carboxylic acids is 1. The van der Waals surface area contributed by atoms with E-state index >= 15 is 0 Å². The predicted octanol–water partition coefficient (Wildman–Crippen LogP) is 3.33. The van der Waals surface area contributed by atoms with Crippen LogP contribution in [0.1, 0.15) is 32.6 Å². The van der Waals surface area contributed by atoms with Crippen LogP contribution in [0.2, 0.25) is 0 Å². The van der Waals surface area contributed by atoms with E-state index in [0.29, 0.717) is 11.3 Å². The second kappa shape index (κ2) is 7.02. The summed E-state index contributed by atoms with van der Waals surface area (Å²) in [6, 6.07) is 9.53. The van der Waals surface area contributed by atoms with Crippen molar-refractivity contribution < 1.29 is 9.21 Å². The molecule has 1 aliphatic heterocycles. The van der Waals surface area contributed by atoms with Gasteiger partial charge in [0.2, 0.25) is 11.8 Å². The van der Waals surface area contributed by atoms with Gasteiger partial charge in [0.15, 0.2) is 0 Å². The van der Waals surface area contributed by atoms with Gasteiger partial charge in [0.1, 0.15) is 6.04 Å². The Labute approximate surface area is 168 Å². The summed E-state index contributed by atoms with van der Waals surface area (Å²) in [4.78, 5) is 14.7. The summed E-state index contributed by atoms with van der Waals surface area (Å²) in [6.45, 7) is 3.53. The third-order valence-electron chi connectivity index (χ3n) is 6.15. The number of aromatic amines is 1. The molecule has 2 N–H and O–H groups in total. The van der Waals surface area contributed by atoms with Crippen molar-refractivity contribution in [2.75, 3.05) is 18.4 Å². The van der Waals surface area contributed by atoms with E-state index in [0.717, 1.165) is 42.8 Å². The summed E-state index contributed by atoms with van der Waals surface area (Å²) < 4.78 is 5.76. The second-order valence-corrected chi connectivity index (χ2v) is 8.15. The lowest BCUT2D eigenvalue weighted by Crippen LogP contribution is -2.45. The van der Waals surface area contributed by atoms with Crippen LogP contribution in [-0.2, 0) is 4.79 Å². The van der Waals surface area contributed by atoms with E-state index in [2.05, 4.69) is 25.7 Å². The molecule has 3 aromatic rings. The van der Waals surface area contributed by atoms with Crippen LogP contribution in [0, 0.1) is 5.41 Å². The van der Waals surface area contributed by atoms with Gasteiger partial charge in [-0.15, -0.1) is 5.10 Å². The molecule has 150 valence electrons. The second-order valence-electron chi connectivity index (χ2n) is 8.15. The fraction of sp³-hybridized carbons (Fsp3) is 0.429. The zero-order valence-electron chi connectivity index (χ0n) is 16.4. The summed E-state index contributed by atoms with van der Waals surface area (Å²) >= 11 is 0. The van der Waals surface area contributed by atoms with Crippen molar-refractivity contribution in [3.63, 3.8) is 0 Å². The quantitative estimate of drug-likeness (QED) is 0.691. The van der Waals surface area contributed by atoms with E-state index in [1.807, 2.05) is 42.2 Å². The first-order valence-electron chi connectivity index (χ1n) is 10.1. The molecule has 1 aliphatic carbocycles. The average Bonchev–Trinajstić information content (AvgIpc) is 3.16. The molecule has 2 aromatic heterocycles. The minimum Gasteiger partial charge on any atom is -0.403 e. The van der Waals surface area contributed by atoms with Crippen molar-refractivity contribution >= 4 is 11.9 Å². The number of benzene rings is 1. The monoisotopic (exact) mass is 392 g/mol. The fourth-order valence-electron chi connectivity index (χ4n) is 4.03. The number of nitrogens with zero attached hydrogens (tertiary/aromatic N) is 4. The first-order chi connectivity index (χ1) is 14.1. The SMILES string of the molecule is C[C@@H](Nc1nnc(-c2cccc(-c3ccn[nH]3)c2)o1)C(=O)N1CCC2(CC1)CC2. The number of piperidine rings is 1. The third-order valence-corrected chi connectivity index (χ3v) is 6.15. The first kappa shape index (κ1) is 17.9. The standard InChI is InChI=1S/C21H24N6O2/c1-14(19(28)27-11-8-21(6-7-21)9-12-27)23-20-26-25-18(29-20)16-4-2-3-15(13-16)17-5-10-22-24-17/h2-5,10,13-14H,6-9,11-12H2,1H3,(H,22,24)(H,23,26)/t14-/m1/s1. The highest BCUT2D eigenvalue weighted by molar-refractivity contribution is 5.83. The van der Waals surface area contributed by atoms with Crippen LogP contribution in [-0.4, -0.2) is 50.3 Å². The number of aromatic nitrogens is 4. The van der Waals surface area contributed by atoms with Gasteiger partial charge in [-0.25, -0.2) is 0 Å². The van der Waals surface area contributed by atoms with E-state index in [-0.39, 0.29) is 11.9 Å². The molecule has 29 heavy (non-hydrogen) atoms. The van der Waals surface area contributed by atoms with Crippen LogP contribution < -0.4 is 5.32 Å². The maximum Gasteiger partial charge on any atom is 0.316 e. The average molecular weight is 392 g/mol. The molecular weight excluding hydrogens is 368 g/mol. The van der Waals surface area contributed by atoms with Gasteiger partial charge in [0, 0.05) is 30.4 Å². The van der Waals surface area contributed by atoms with E-state index < -0.39 is 6.04 Å². The normalized spacial score (nSPS) is 18.6. The Balaban J connectivity index is 1.24. The molecule has 1 spiro atoms. The van der Waals surface area contributed by atoms with Gasteiger partial charge >= 0.3 is 6.01 Å². The maximum atomic E-state index is 12.8. The molecule has 1 amide bonds. The maximum absolute atomic E-state index is 12.8. The van der Waals surface area contributed by atoms with Gasteiger partial charge < -0.3 is 14.6 Å². The molecular formula is C21H24N6O2. The van der Waals surface area contributed by atoms with Crippen molar-refractivity contribution in [3.8, 4) is 22.7 Å². The molecule has 1 saturated heterocycles. The molecule has 8 heteroatoms. The number of nitrogens with one attached hydrogen (secondary N) is 2. The highest BCUT2D eigenvalue weighted by Crippen LogP contribution is 2.53. The van der Waals surface area contributed by atoms with Crippen LogP contribution in [0.15, 0.2) is 40.9 Å². The highest BCUT2D eigenvalue weighted by Gasteiger charge is 2.45. The fourth-order valence-corrected chi connectivity index (χ4v) is 4.03. The van der Waals surface area contributed by atoms with Crippen LogP contribution >= 0.6 is 0 Å². The highest BCUT2D eigenvalue weighted by atomic mass is 16.4. The third kappa shape index (κ3) is 3.62. The number of amides is 1. The Morgan fingerprint density at radius 2 is 1.97 bits per heavy atom. The Bertz CT molecular complexity index is 998. The van der Waals surface area contributed by atoms with Crippen molar-refractivity contribution in [2.45, 2.75) is 38.6 Å². The largest absolute Gasteiger partial charge is 0.403 e. The van der Waals surface area contributed by atoms with Gasteiger partial charge in [-0.3, -0.25) is 9.89 Å². The van der Waals surface area contributed by atoms with Crippen molar-refractivity contribution in [1.82, 2.24) is 25.3 Å². The van der Waals surface area contributed by atoms with Gasteiger partial charge in [-0.2, -0.15) is 5.10 Å². The van der Waals surface area contributed by atoms with E-state index in [1.54, 1.807) is 6.20 Å². The Morgan fingerprint density at radius 1 is 1.17 bits per heavy atom. The number of rotatable bonds is 5. The molecule has 0 bridgehead atoms. The Hall–Kier alpha value is -3.16. The van der Waals surface area contributed by atoms with Crippen molar-refractivity contribution in [2.24, 2.45) is 5.41 Å². The number of anilines is 1. The molecule has 2 aliphatic rings. The number of likely N-dealkylation sites (tertiary alicyclic amines) is 1. The number of hydrogen-bond donors (Lipinski definition) is 2. The van der Waals surface area contributed by atoms with Crippen molar-refractivity contribution in [3.05, 3.63) is 36.5 Å². The van der Waals surface area contributed by atoms with Crippen LogP contribution in [0.4, 0.5) is 6.01 Å². The van der Waals surface area contributed by atoms with Crippen LogP contribution in [0.3, 0.4) is 0 Å². The van der Waals surface area contributed by atoms with Gasteiger partial charge in [-0.1, -0.05) is 17.2 Å². The molecule has 1 saturated carbocycles. The lowest BCUT2D eigenvalue weighted by atomic mass is 9.93. The minimum atomic E-state index is -0.409. The Morgan fingerprint density at radius 3 is 2.69 bits per heavy atom. The summed E-state index contributed by atoms with van der Waals surface area (Å²) in [5, 5.41) is 18.2. The molecule has 1 aromatic carbocycles. The molecule has 0 unspecified atom stereocenters. The lowest BCUT2D eigenvalue weighted by molar-refractivity contribution is -0.133. The van der Waals surface area contributed by atoms with Crippen LogP contribution in [0.5, 0.6) is 0 Å². The molecule has 2 fully saturated rings. The van der Waals surface area contributed by atoms with E-state index in [4.69, 9.17) is 4.42 Å². The Kier molecular flexibility index (Phi) is 4.34. The smallest absolute Gasteiger partial charge is 0.316 e. The first-order valence-corrected chi connectivity index (χ1v) is 10.1. The zero-order valence-corrected chi connectivity index (χ0v) is 16.4. The molecule has 8 nitrogen and oxygen atoms in total. The summed E-state index contributed by atoms with van der Waals surface area (Å²) in [6.07, 6.45) is 6.62. The minimum absolute atomic E-state index is 0.0847. The predicted molar refractivity (Wildman–Crippen MR) is 108 cm³/mol. The lowest BCUT2D eigenvalue weighted by Gasteiger charge is -2.33.